The third kappa shape index (κ3) is 4.12. The molecule has 112 valence electrons. The summed E-state index contributed by atoms with van der Waals surface area (Å²) in [4.78, 5) is 14.4. The van der Waals surface area contributed by atoms with Gasteiger partial charge in [-0.1, -0.05) is 15.9 Å². The zero-order valence-electron chi connectivity index (χ0n) is 10.1. The van der Waals surface area contributed by atoms with Gasteiger partial charge in [0, 0.05) is 4.47 Å². The Balaban J connectivity index is 3.29. The highest BCUT2D eigenvalue weighted by Crippen LogP contribution is 2.35. The van der Waals surface area contributed by atoms with E-state index in [2.05, 4.69) is 25.7 Å². The summed E-state index contributed by atoms with van der Waals surface area (Å²) in [5.41, 5.74) is -2.75. The van der Waals surface area contributed by atoms with E-state index in [4.69, 9.17) is 0 Å². The molecule has 0 aromatic carbocycles. The minimum Gasteiger partial charge on any atom is -0.466 e. The number of aromatic nitrogens is 1. The summed E-state index contributed by atoms with van der Waals surface area (Å²) < 4.78 is 67.5. The monoisotopic (exact) mass is 361 g/mol. The Morgan fingerprint density at radius 1 is 1.45 bits per heavy atom. The summed E-state index contributed by atoms with van der Waals surface area (Å²) in [6, 6.07) is 0.455. The molecular formula is C11H9BrF5NO2. The number of nitrogens with zero attached hydrogens (tertiary/aromatic N) is 1. The number of halogens is 6. The molecule has 20 heavy (non-hydrogen) atoms. The molecule has 0 unspecified atom stereocenters. The summed E-state index contributed by atoms with van der Waals surface area (Å²) in [7, 11) is 0. The zero-order valence-corrected chi connectivity index (χ0v) is 11.7. The van der Waals surface area contributed by atoms with Crippen molar-refractivity contribution in [2.24, 2.45) is 0 Å². The van der Waals surface area contributed by atoms with Crippen LogP contribution in [0.25, 0.3) is 0 Å². The van der Waals surface area contributed by atoms with Crippen LogP contribution in [0.15, 0.2) is 10.5 Å². The molecule has 1 aromatic heterocycles. The second-order valence-electron chi connectivity index (χ2n) is 3.63. The summed E-state index contributed by atoms with van der Waals surface area (Å²) in [5.74, 6) is -0.923. The smallest absolute Gasteiger partial charge is 0.433 e. The van der Waals surface area contributed by atoms with Gasteiger partial charge in [0.1, 0.15) is 5.69 Å². The van der Waals surface area contributed by atoms with Gasteiger partial charge in [0.05, 0.1) is 24.3 Å². The number of alkyl halides is 5. The van der Waals surface area contributed by atoms with Crippen LogP contribution >= 0.6 is 15.9 Å². The molecular weight excluding hydrogens is 353 g/mol. The van der Waals surface area contributed by atoms with Crippen molar-refractivity contribution in [1.29, 1.82) is 0 Å². The number of carbonyl (C=O) groups is 1. The van der Waals surface area contributed by atoms with Crippen molar-refractivity contribution in [2.45, 2.75) is 25.9 Å². The maximum atomic E-state index is 12.8. The standard InChI is InChI=1S/C11H9BrF5NO2/c1-2-20-8(19)4-6-9(10(13)14)5(12)3-7(18-6)11(15,16)17/h3,10H,2,4H2,1H3. The van der Waals surface area contributed by atoms with Crippen LogP contribution in [-0.4, -0.2) is 17.6 Å². The van der Waals surface area contributed by atoms with Crippen LogP contribution in [0.4, 0.5) is 22.0 Å². The Bertz CT molecular complexity index is 504. The van der Waals surface area contributed by atoms with E-state index in [0.717, 1.165) is 0 Å². The van der Waals surface area contributed by atoms with Gasteiger partial charge in [-0.2, -0.15) is 13.2 Å². The molecule has 0 saturated heterocycles. The van der Waals surface area contributed by atoms with E-state index in [1.807, 2.05) is 0 Å². The van der Waals surface area contributed by atoms with E-state index in [9.17, 15) is 26.7 Å². The molecule has 0 saturated carbocycles. The molecule has 0 aliphatic heterocycles. The van der Waals surface area contributed by atoms with Crippen molar-refractivity contribution in [1.82, 2.24) is 4.98 Å². The van der Waals surface area contributed by atoms with Crippen LogP contribution in [0.1, 0.15) is 30.3 Å². The van der Waals surface area contributed by atoms with Crippen LogP contribution < -0.4 is 0 Å². The van der Waals surface area contributed by atoms with E-state index in [0.29, 0.717) is 6.07 Å². The Morgan fingerprint density at radius 3 is 2.50 bits per heavy atom. The number of carbonyl (C=O) groups excluding carboxylic acids is 1. The van der Waals surface area contributed by atoms with Gasteiger partial charge in [0.25, 0.3) is 6.43 Å². The molecule has 0 fully saturated rings. The summed E-state index contributed by atoms with van der Waals surface area (Å²) in [6.45, 7) is 1.48. The lowest BCUT2D eigenvalue weighted by molar-refractivity contribution is -0.144. The summed E-state index contributed by atoms with van der Waals surface area (Å²) in [5, 5.41) is 0. The van der Waals surface area contributed by atoms with Crippen LogP contribution in [-0.2, 0) is 22.1 Å². The molecule has 0 spiro atoms. The second-order valence-corrected chi connectivity index (χ2v) is 4.48. The minimum absolute atomic E-state index is 0.0109. The van der Waals surface area contributed by atoms with E-state index in [-0.39, 0.29) is 6.61 Å². The van der Waals surface area contributed by atoms with Crippen molar-refractivity contribution < 1.29 is 31.5 Å². The van der Waals surface area contributed by atoms with E-state index in [1.165, 1.54) is 6.92 Å². The normalized spacial score (nSPS) is 11.8. The maximum absolute atomic E-state index is 12.8. The highest BCUT2D eigenvalue weighted by Gasteiger charge is 2.35. The topological polar surface area (TPSA) is 39.2 Å². The van der Waals surface area contributed by atoms with Crippen molar-refractivity contribution >= 4 is 21.9 Å². The van der Waals surface area contributed by atoms with Crippen LogP contribution in [0, 0.1) is 0 Å². The first-order chi connectivity index (χ1) is 9.16. The lowest BCUT2D eigenvalue weighted by atomic mass is 10.1. The van der Waals surface area contributed by atoms with Crippen LogP contribution in [0.3, 0.4) is 0 Å². The predicted octanol–water partition coefficient (Wildman–Crippen LogP) is 3.91. The van der Waals surface area contributed by atoms with Crippen LogP contribution in [0.2, 0.25) is 0 Å². The van der Waals surface area contributed by atoms with E-state index in [1.54, 1.807) is 0 Å². The summed E-state index contributed by atoms with van der Waals surface area (Å²) in [6.07, 6.45) is -8.62. The molecule has 0 aliphatic carbocycles. The average molecular weight is 362 g/mol. The van der Waals surface area contributed by atoms with Crippen molar-refractivity contribution in [3.8, 4) is 0 Å². The zero-order chi connectivity index (χ0) is 15.5. The molecule has 0 radical (unpaired) electrons. The first kappa shape index (κ1) is 16.8. The van der Waals surface area contributed by atoms with E-state index < -0.39 is 46.4 Å². The SMILES string of the molecule is CCOC(=O)Cc1nc(C(F)(F)F)cc(Br)c1C(F)F. The molecule has 9 heteroatoms. The van der Waals surface area contributed by atoms with Crippen molar-refractivity contribution in [2.75, 3.05) is 6.61 Å². The Morgan fingerprint density at radius 2 is 2.05 bits per heavy atom. The first-order valence-electron chi connectivity index (χ1n) is 5.37. The lowest BCUT2D eigenvalue weighted by Crippen LogP contribution is -2.16. The summed E-state index contributed by atoms with van der Waals surface area (Å²) >= 11 is 2.65. The van der Waals surface area contributed by atoms with Gasteiger partial charge in [-0.15, -0.1) is 0 Å². The molecule has 1 heterocycles. The molecule has 0 N–H and O–H groups in total. The van der Waals surface area contributed by atoms with Gasteiger partial charge in [-0.05, 0) is 13.0 Å². The lowest BCUT2D eigenvalue weighted by Gasteiger charge is -2.14. The van der Waals surface area contributed by atoms with Crippen molar-refractivity contribution in [3.63, 3.8) is 0 Å². The third-order valence-corrected chi connectivity index (χ3v) is 2.87. The quantitative estimate of drug-likeness (QED) is 0.602. The number of pyridine rings is 1. The highest BCUT2D eigenvalue weighted by atomic mass is 79.9. The predicted molar refractivity (Wildman–Crippen MR) is 62.2 cm³/mol. The molecule has 0 aliphatic rings. The first-order valence-corrected chi connectivity index (χ1v) is 6.16. The Hall–Kier alpha value is -1.25. The van der Waals surface area contributed by atoms with E-state index >= 15 is 0 Å². The molecule has 0 bridgehead atoms. The molecule has 0 amide bonds. The number of hydrogen-bond acceptors (Lipinski definition) is 3. The Labute approximate surface area is 119 Å². The minimum atomic E-state index is -4.80. The average Bonchev–Trinajstić information content (AvgIpc) is 2.26. The van der Waals surface area contributed by atoms with Gasteiger partial charge < -0.3 is 4.74 Å². The van der Waals surface area contributed by atoms with Gasteiger partial charge in [0.2, 0.25) is 0 Å². The fraction of sp³-hybridized carbons (Fsp3) is 0.455. The number of hydrogen-bond donors (Lipinski definition) is 0. The van der Waals surface area contributed by atoms with Crippen LogP contribution in [0.5, 0.6) is 0 Å². The third-order valence-electron chi connectivity index (χ3n) is 2.21. The number of esters is 1. The van der Waals surface area contributed by atoms with Gasteiger partial charge in [-0.3, -0.25) is 4.79 Å². The number of ether oxygens (including phenoxy) is 1. The fourth-order valence-corrected chi connectivity index (χ4v) is 2.05. The van der Waals surface area contributed by atoms with Crippen molar-refractivity contribution in [3.05, 3.63) is 27.5 Å². The van der Waals surface area contributed by atoms with Gasteiger partial charge >= 0.3 is 12.1 Å². The molecule has 0 atom stereocenters. The van der Waals surface area contributed by atoms with Gasteiger partial charge in [-0.25, -0.2) is 13.8 Å². The van der Waals surface area contributed by atoms with Gasteiger partial charge in [0.15, 0.2) is 0 Å². The maximum Gasteiger partial charge on any atom is 0.433 e. The molecule has 3 nitrogen and oxygen atoms in total. The second kappa shape index (κ2) is 6.47. The molecule has 1 aromatic rings. The molecule has 1 rings (SSSR count). The number of rotatable bonds is 4. The largest absolute Gasteiger partial charge is 0.466 e. The fourth-order valence-electron chi connectivity index (χ4n) is 1.43. The highest BCUT2D eigenvalue weighted by molar-refractivity contribution is 9.10. The Kier molecular flexibility index (Phi) is 5.43.